The Kier molecular flexibility index (Phi) is 7.35. The largest absolute Gasteiger partial charge is 0.306 e. The van der Waals surface area contributed by atoms with Gasteiger partial charge in [0, 0.05) is 6.54 Å². The molecule has 0 bridgehead atoms. The molecule has 0 aliphatic carbocycles. The van der Waals surface area contributed by atoms with Crippen LogP contribution in [0, 0.1) is 0 Å². The van der Waals surface area contributed by atoms with E-state index in [0.717, 1.165) is 18.7 Å². The minimum atomic E-state index is 1.02. The van der Waals surface area contributed by atoms with Gasteiger partial charge in [-0.2, -0.15) is 12.6 Å². The second kappa shape index (κ2) is 8.66. The highest BCUT2D eigenvalue weighted by molar-refractivity contribution is 7.80. The first-order valence-electron chi connectivity index (χ1n) is 6.16. The summed E-state index contributed by atoms with van der Waals surface area (Å²) >= 11 is 4.22. The van der Waals surface area contributed by atoms with Crippen LogP contribution in [-0.4, -0.2) is 30.8 Å². The molecule has 2 heteroatoms. The molecule has 0 N–H and O–H groups in total. The summed E-state index contributed by atoms with van der Waals surface area (Å²) < 4.78 is 0. The van der Waals surface area contributed by atoms with Gasteiger partial charge in [-0.1, -0.05) is 36.8 Å². The monoisotopic (exact) mass is 237 g/mol. The zero-order chi connectivity index (χ0) is 11.6. The number of benzene rings is 1. The summed E-state index contributed by atoms with van der Waals surface area (Å²) in [6.07, 6.45) is 5.00. The van der Waals surface area contributed by atoms with Gasteiger partial charge in [-0.05, 0) is 44.2 Å². The molecule has 1 aromatic rings. The number of rotatable bonds is 8. The van der Waals surface area contributed by atoms with E-state index in [1.165, 1.54) is 31.4 Å². The lowest BCUT2D eigenvalue weighted by Crippen LogP contribution is -2.22. The van der Waals surface area contributed by atoms with Crippen LogP contribution in [0.25, 0.3) is 0 Å². The first-order chi connectivity index (χ1) is 7.83. The average Bonchev–Trinajstić information content (AvgIpc) is 2.33. The third-order valence-electron chi connectivity index (χ3n) is 2.82. The molecule has 0 aromatic heterocycles. The number of thiol groups is 1. The number of likely N-dealkylation sites (N-methyl/N-ethyl adjacent to an activating group) is 1. The number of hydrogen-bond donors (Lipinski definition) is 1. The van der Waals surface area contributed by atoms with Crippen molar-refractivity contribution < 1.29 is 0 Å². The highest BCUT2D eigenvalue weighted by Gasteiger charge is 1.98. The van der Waals surface area contributed by atoms with Gasteiger partial charge in [0.2, 0.25) is 0 Å². The lowest BCUT2D eigenvalue weighted by Gasteiger charge is -2.16. The Bertz CT molecular complexity index is 261. The SMILES string of the molecule is CN(CCCCCS)CCc1ccccc1. The summed E-state index contributed by atoms with van der Waals surface area (Å²) in [7, 11) is 2.21. The van der Waals surface area contributed by atoms with E-state index >= 15 is 0 Å². The second-order valence-corrected chi connectivity index (χ2v) is 4.77. The molecule has 90 valence electrons. The van der Waals surface area contributed by atoms with Crippen LogP contribution in [-0.2, 0) is 6.42 Å². The molecular formula is C14H23NS. The van der Waals surface area contributed by atoms with Crippen LogP contribution in [0.2, 0.25) is 0 Å². The van der Waals surface area contributed by atoms with Crippen molar-refractivity contribution in [3.8, 4) is 0 Å². The van der Waals surface area contributed by atoms with Crippen molar-refractivity contribution in [3.05, 3.63) is 35.9 Å². The van der Waals surface area contributed by atoms with E-state index in [9.17, 15) is 0 Å². The molecule has 0 heterocycles. The maximum atomic E-state index is 4.22. The highest BCUT2D eigenvalue weighted by atomic mass is 32.1. The average molecular weight is 237 g/mol. The molecular weight excluding hydrogens is 214 g/mol. The van der Waals surface area contributed by atoms with Crippen molar-refractivity contribution in [1.82, 2.24) is 4.90 Å². The van der Waals surface area contributed by atoms with Crippen LogP contribution in [0.3, 0.4) is 0 Å². The Morgan fingerprint density at radius 2 is 1.75 bits per heavy atom. The second-order valence-electron chi connectivity index (χ2n) is 4.32. The van der Waals surface area contributed by atoms with Crippen LogP contribution in [0.1, 0.15) is 24.8 Å². The molecule has 0 aliphatic heterocycles. The molecule has 0 radical (unpaired) electrons. The van der Waals surface area contributed by atoms with E-state index in [0.29, 0.717) is 0 Å². The van der Waals surface area contributed by atoms with E-state index in [2.05, 4.69) is 54.9 Å². The van der Waals surface area contributed by atoms with Gasteiger partial charge < -0.3 is 4.90 Å². The molecule has 0 saturated carbocycles. The quantitative estimate of drug-likeness (QED) is 0.536. The van der Waals surface area contributed by atoms with Gasteiger partial charge >= 0.3 is 0 Å². The predicted octanol–water partition coefficient (Wildman–Crippen LogP) is 3.26. The van der Waals surface area contributed by atoms with Crippen LogP contribution < -0.4 is 0 Å². The smallest absolute Gasteiger partial charge is 0.00188 e. The zero-order valence-corrected chi connectivity index (χ0v) is 11.1. The fourth-order valence-corrected chi connectivity index (χ4v) is 1.97. The summed E-state index contributed by atoms with van der Waals surface area (Å²) in [5.41, 5.74) is 1.43. The molecule has 1 nitrogen and oxygen atoms in total. The molecule has 0 atom stereocenters. The lowest BCUT2D eigenvalue weighted by molar-refractivity contribution is 0.329. The van der Waals surface area contributed by atoms with Gasteiger partial charge in [-0.25, -0.2) is 0 Å². The summed E-state index contributed by atoms with van der Waals surface area (Å²) in [4.78, 5) is 2.42. The van der Waals surface area contributed by atoms with Crippen LogP contribution in [0.5, 0.6) is 0 Å². The molecule has 0 fully saturated rings. The highest BCUT2D eigenvalue weighted by Crippen LogP contribution is 2.02. The van der Waals surface area contributed by atoms with E-state index in [1.807, 2.05) is 0 Å². The van der Waals surface area contributed by atoms with E-state index in [4.69, 9.17) is 0 Å². The van der Waals surface area contributed by atoms with Crippen LogP contribution in [0.15, 0.2) is 30.3 Å². The Morgan fingerprint density at radius 3 is 2.44 bits per heavy atom. The van der Waals surface area contributed by atoms with Gasteiger partial charge in [0.25, 0.3) is 0 Å². The lowest BCUT2D eigenvalue weighted by atomic mass is 10.1. The van der Waals surface area contributed by atoms with Crippen molar-refractivity contribution >= 4 is 12.6 Å². The molecule has 0 unspecified atom stereocenters. The first kappa shape index (κ1) is 13.6. The van der Waals surface area contributed by atoms with Crippen molar-refractivity contribution in [1.29, 1.82) is 0 Å². The molecule has 16 heavy (non-hydrogen) atoms. The van der Waals surface area contributed by atoms with E-state index in [1.54, 1.807) is 0 Å². The minimum Gasteiger partial charge on any atom is -0.306 e. The minimum absolute atomic E-state index is 1.02. The molecule has 1 rings (SSSR count). The number of nitrogens with zero attached hydrogens (tertiary/aromatic N) is 1. The Labute approximate surface area is 105 Å². The third kappa shape index (κ3) is 6.19. The van der Waals surface area contributed by atoms with Gasteiger partial charge in [-0.3, -0.25) is 0 Å². The number of unbranched alkanes of at least 4 members (excludes halogenated alkanes) is 2. The van der Waals surface area contributed by atoms with Crippen molar-refractivity contribution in [2.75, 3.05) is 25.9 Å². The molecule has 0 aliphatic rings. The Hall–Kier alpha value is -0.470. The summed E-state index contributed by atoms with van der Waals surface area (Å²) in [5.74, 6) is 1.02. The maximum Gasteiger partial charge on any atom is 0.00188 e. The molecule has 0 amide bonds. The standard InChI is InChI=1S/C14H23NS/c1-15(11-6-3-7-13-16)12-10-14-8-4-2-5-9-14/h2,4-5,8-9,16H,3,6-7,10-13H2,1H3. The fraction of sp³-hybridized carbons (Fsp3) is 0.571. The maximum absolute atomic E-state index is 4.22. The van der Waals surface area contributed by atoms with Gasteiger partial charge in [0.1, 0.15) is 0 Å². The van der Waals surface area contributed by atoms with Crippen LogP contribution in [0.4, 0.5) is 0 Å². The van der Waals surface area contributed by atoms with Gasteiger partial charge in [-0.15, -0.1) is 0 Å². The predicted molar refractivity (Wildman–Crippen MR) is 75.3 cm³/mol. The van der Waals surface area contributed by atoms with E-state index in [-0.39, 0.29) is 0 Å². The molecule has 1 aromatic carbocycles. The van der Waals surface area contributed by atoms with Crippen molar-refractivity contribution in [2.45, 2.75) is 25.7 Å². The van der Waals surface area contributed by atoms with Crippen molar-refractivity contribution in [3.63, 3.8) is 0 Å². The zero-order valence-electron chi connectivity index (χ0n) is 10.2. The Morgan fingerprint density at radius 1 is 1.00 bits per heavy atom. The van der Waals surface area contributed by atoms with E-state index < -0.39 is 0 Å². The normalized spacial score (nSPS) is 10.9. The van der Waals surface area contributed by atoms with Crippen molar-refractivity contribution in [2.24, 2.45) is 0 Å². The van der Waals surface area contributed by atoms with Gasteiger partial charge in [0.05, 0.1) is 0 Å². The fourth-order valence-electron chi connectivity index (χ4n) is 1.75. The molecule has 0 spiro atoms. The third-order valence-corrected chi connectivity index (χ3v) is 3.14. The topological polar surface area (TPSA) is 3.24 Å². The summed E-state index contributed by atoms with van der Waals surface area (Å²) in [6.45, 7) is 2.37. The summed E-state index contributed by atoms with van der Waals surface area (Å²) in [6, 6.07) is 10.7. The molecule has 0 saturated heterocycles. The summed E-state index contributed by atoms with van der Waals surface area (Å²) in [5, 5.41) is 0. The Balaban J connectivity index is 2.08. The first-order valence-corrected chi connectivity index (χ1v) is 6.79. The van der Waals surface area contributed by atoms with Gasteiger partial charge in [0.15, 0.2) is 0 Å². The number of hydrogen-bond acceptors (Lipinski definition) is 2. The van der Waals surface area contributed by atoms with Crippen LogP contribution >= 0.6 is 12.6 Å².